The van der Waals surface area contributed by atoms with Gasteiger partial charge in [0.05, 0.1) is 0 Å². The van der Waals surface area contributed by atoms with Crippen LogP contribution in [0.3, 0.4) is 0 Å². The molecule has 2 aliphatic rings. The first kappa shape index (κ1) is 8.81. The minimum Gasteiger partial charge on any atom is -0.368 e. The van der Waals surface area contributed by atoms with Gasteiger partial charge in [0.1, 0.15) is 0 Å². The topological polar surface area (TPSA) is 70.6 Å². The second-order valence-corrected chi connectivity index (χ2v) is 4.30. The van der Waals surface area contributed by atoms with Crippen LogP contribution in [-0.4, -0.2) is 17.7 Å². The number of nitrogens with one attached hydrogen (secondary N) is 1. The molecule has 74 valence electrons. The van der Waals surface area contributed by atoms with Crippen LogP contribution < -0.4 is 11.2 Å². The molecule has 0 unspecified atom stereocenters. The van der Waals surface area contributed by atoms with Crippen LogP contribution in [0, 0.1) is 11.3 Å². The average Bonchev–Trinajstić information content (AvgIpc) is 2.86. The van der Waals surface area contributed by atoms with E-state index in [2.05, 4.69) is 4.99 Å². The third-order valence-electron chi connectivity index (χ3n) is 3.47. The van der Waals surface area contributed by atoms with Crippen molar-refractivity contribution in [3.05, 3.63) is 0 Å². The number of nitrogens with zero attached hydrogens (tertiary/aromatic N) is 1. The summed E-state index contributed by atoms with van der Waals surface area (Å²) < 4.78 is 0. The van der Waals surface area contributed by atoms with Gasteiger partial charge in [0.2, 0.25) is 5.96 Å². The summed E-state index contributed by atoms with van der Waals surface area (Å²) in [5, 5.41) is 8.47. The minimum atomic E-state index is 0.145. The molecule has 0 heterocycles. The van der Waals surface area contributed by atoms with Gasteiger partial charge in [0, 0.05) is 6.54 Å². The van der Waals surface area contributed by atoms with Gasteiger partial charge < -0.3 is 5.73 Å². The molecule has 4 nitrogen and oxygen atoms in total. The van der Waals surface area contributed by atoms with E-state index in [-0.39, 0.29) is 5.96 Å². The Balaban J connectivity index is 1.90. The van der Waals surface area contributed by atoms with Crippen LogP contribution in [0.2, 0.25) is 0 Å². The molecule has 0 radical (unpaired) electrons. The van der Waals surface area contributed by atoms with E-state index in [1.165, 1.54) is 32.1 Å². The predicted octanol–water partition coefficient (Wildman–Crippen LogP) is 0.860. The Bertz CT molecular complexity index is 219. The highest BCUT2D eigenvalue weighted by molar-refractivity contribution is 5.76. The van der Waals surface area contributed by atoms with Crippen molar-refractivity contribution in [2.75, 3.05) is 6.54 Å². The molecule has 0 aromatic rings. The molecule has 0 amide bonds. The summed E-state index contributed by atoms with van der Waals surface area (Å²) in [6.45, 7) is 0.789. The maximum atomic E-state index is 8.47. The van der Waals surface area contributed by atoms with Gasteiger partial charge in [-0.15, -0.1) is 0 Å². The average molecular weight is 183 g/mol. The number of hydrogen-bond donors (Lipinski definition) is 3. The van der Waals surface area contributed by atoms with Crippen LogP contribution in [0.15, 0.2) is 4.99 Å². The van der Waals surface area contributed by atoms with E-state index in [0.29, 0.717) is 5.41 Å². The van der Waals surface area contributed by atoms with Crippen LogP contribution >= 0.6 is 0 Å². The molecule has 2 aliphatic carbocycles. The first-order valence-corrected chi connectivity index (χ1v) is 4.97. The van der Waals surface area contributed by atoms with Crippen LogP contribution in [0.1, 0.15) is 32.1 Å². The number of hydroxylamine groups is 1. The molecule has 4 N–H and O–H groups in total. The molecule has 0 atom stereocenters. The molecule has 0 saturated heterocycles. The number of aliphatic imine (C=N–C) groups is 1. The Morgan fingerprint density at radius 3 is 2.62 bits per heavy atom. The summed E-state index contributed by atoms with van der Waals surface area (Å²) in [6.07, 6.45) is 6.64. The lowest BCUT2D eigenvalue weighted by Gasteiger charge is -2.41. The van der Waals surface area contributed by atoms with E-state index in [9.17, 15) is 0 Å². The number of hydrogen-bond acceptors (Lipinski definition) is 2. The summed E-state index contributed by atoms with van der Waals surface area (Å²) >= 11 is 0. The quantitative estimate of drug-likeness (QED) is 0.345. The smallest absolute Gasteiger partial charge is 0.212 e. The summed E-state index contributed by atoms with van der Waals surface area (Å²) in [7, 11) is 0. The maximum Gasteiger partial charge on any atom is 0.212 e. The second-order valence-electron chi connectivity index (χ2n) is 4.30. The molecule has 0 aromatic carbocycles. The highest BCUT2D eigenvalue weighted by Crippen LogP contribution is 2.57. The maximum absolute atomic E-state index is 8.47. The van der Waals surface area contributed by atoms with Crippen molar-refractivity contribution in [3.8, 4) is 0 Å². The van der Waals surface area contributed by atoms with Gasteiger partial charge in [-0.2, -0.15) is 0 Å². The number of nitrogens with two attached hydrogens (primary N) is 1. The van der Waals surface area contributed by atoms with Gasteiger partial charge in [-0.05, 0) is 37.0 Å². The Morgan fingerprint density at radius 2 is 2.23 bits per heavy atom. The lowest BCUT2D eigenvalue weighted by Crippen LogP contribution is -2.37. The monoisotopic (exact) mass is 183 g/mol. The SMILES string of the molecule is NC(=NCC1(C2CC2)CCC1)NO. The highest BCUT2D eigenvalue weighted by atomic mass is 16.5. The highest BCUT2D eigenvalue weighted by Gasteiger charge is 2.48. The molecule has 2 saturated carbocycles. The van der Waals surface area contributed by atoms with Gasteiger partial charge in [-0.3, -0.25) is 10.2 Å². The summed E-state index contributed by atoms with van der Waals surface area (Å²) in [4.78, 5) is 4.13. The fourth-order valence-electron chi connectivity index (χ4n) is 2.30. The molecular weight excluding hydrogens is 166 g/mol. The summed E-state index contributed by atoms with van der Waals surface area (Å²) in [5.74, 6) is 1.03. The predicted molar refractivity (Wildman–Crippen MR) is 50.4 cm³/mol. The Labute approximate surface area is 78.2 Å². The lowest BCUT2D eigenvalue weighted by atomic mass is 9.65. The molecule has 0 spiro atoms. The van der Waals surface area contributed by atoms with Crippen molar-refractivity contribution in [1.29, 1.82) is 0 Å². The standard InChI is InChI=1S/C9H17N3O/c10-8(12-13)11-6-9(4-1-5-9)7-2-3-7/h7,13H,1-6H2,(H3,10,11,12). The van der Waals surface area contributed by atoms with Crippen molar-refractivity contribution in [1.82, 2.24) is 5.48 Å². The molecule has 13 heavy (non-hydrogen) atoms. The van der Waals surface area contributed by atoms with E-state index in [4.69, 9.17) is 10.9 Å². The van der Waals surface area contributed by atoms with E-state index < -0.39 is 0 Å². The zero-order valence-corrected chi connectivity index (χ0v) is 7.79. The van der Waals surface area contributed by atoms with Crippen LogP contribution in [0.4, 0.5) is 0 Å². The molecule has 4 heteroatoms. The van der Waals surface area contributed by atoms with Crippen molar-refractivity contribution < 1.29 is 5.21 Å². The van der Waals surface area contributed by atoms with E-state index in [1.54, 1.807) is 0 Å². The van der Waals surface area contributed by atoms with Gasteiger partial charge in [0.15, 0.2) is 0 Å². The molecule has 0 bridgehead atoms. The molecule has 0 aromatic heterocycles. The largest absolute Gasteiger partial charge is 0.368 e. The first-order valence-electron chi connectivity index (χ1n) is 4.97. The van der Waals surface area contributed by atoms with Gasteiger partial charge in [-0.25, -0.2) is 5.48 Å². The van der Waals surface area contributed by atoms with Crippen molar-refractivity contribution in [3.63, 3.8) is 0 Å². The summed E-state index contributed by atoms with van der Waals surface area (Å²) in [6, 6.07) is 0. The second kappa shape index (κ2) is 3.18. The third-order valence-corrected chi connectivity index (χ3v) is 3.47. The fraction of sp³-hybridized carbons (Fsp3) is 0.889. The van der Waals surface area contributed by atoms with Crippen molar-refractivity contribution >= 4 is 5.96 Å². The zero-order valence-electron chi connectivity index (χ0n) is 7.79. The third kappa shape index (κ3) is 1.63. The van der Waals surface area contributed by atoms with Crippen molar-refractivity contribution in [2.45, 2.75) is 32.1 Å². The van der Waals surface area contributed by atoms with Gasteiger partial charge in [0.25, 0.3) is 0 Å². The summed E-state index contributed by atoms with van der Waals surface area (Å²) in [5.41, 5.74) is 7.69. The Kier molecular flexibility index (Phi) is 2.15. The van der Waals surface area contributed by atoms with Crippen LogP contribution in [-0.2, 0) is 0 Å². The van der Waals surface area contributed by atoms with Gasteiger partial charge >= 0.3 is 0 Å². The molecule has 0 aliphatic heterocycles. The van der Waals surface area contributed by atoms with Crippen LogP contribution in [0.25, 0.3) is 0 Å². The molecule has 2 rings (SSSR count). The molecule has 2 fully saturated rings. The zero-order chi connectivity index (χ0) is 9.31. The number of rotatable bonds is 3. The van der Waals surface area contributed by atoms with Crippen molar-refractivity contribution in [2.24, 2.45) is 22.1 Å². The minimum absolute atomic E-state index is 0.145. The van der Waals surface area contributed by atoms with E-state index in [1.807, 2.05) is 5.48 Å². The fourth-order valence-corrected chi connectivity index (χ4v) is 2.30. The van der Waals surface area contributed by atoms with E-state index >= 15 is 0 Å². The lowest BCUT2D eigenvalue weighted by molar-refractivity contribution is 0.112. The Hall–Kier alpha value is -0.770. The van der Waals surface area contributed by atoms with E-state index in [0.717, 1.165) is 12.5 Å². The Morgan fingerprint density at radius 1 is 1.54 bits per heavy atom. The van der Waals surface area contributed by atoms with Gasteiger partial charge in [-0.1, -0.05) is 6.42 Å². The normalized spacial score (nSPS) is 26.7. The first-order chi connectivity index (χ1) is 6.27. The number of guanidine groups is 1. The molecular formula is C9H17N3O. The van der Waals surface area contributed by atoms with Crippen LogP contribution in [0.5, 0.6) is 0 Å².